The molecule has 1 saturated heterocycles. The number of aromatic nitrogens is 4. The second-order valence-electron chi connectivity index (χ2n) is 4.57. The van der Waals surface area contributed by atoms with Gasteiger partial charge >= 0.3 is 0 Å². The van der Waals surface area contributed by atoms with Crippen molar-refractivity contribution in [2.24, 2.45) is 0 Å². The second kappa shape index (κ2) is 4.71. The lowest BCUT2D eigenvalue weighted by atomic mass is 10.2. The minimum atomic E-state index is 0.576. The van der Waals surface area contributed by atoms with Crippen LogP contribution in [0.3, 0.4) is 0 Å². The predicted octanol–water partition coefficient (Wildman–Crippen LogP) is 0.993. The van der Waals surface area contributed by atoms with Gasteiger partial charge in [-0.25, -0.2) is 4.68 Å². The molecule has 2 fully saturated rings. The van der Waals surface area contributed by atoms with Crippen LogP contribution in [0.5, 0.6) is 0 Å². The topological polar surface area (TPSA) is 55.6 Å². The molecule has 1 aromatic rings. The van der Waals surface area contributed by atoms with E-state index in [-0.39, 0.29) is 0 Å². The first-order chi connectivity index (χ1) is 7.93. The highest BCUT2D eigenvalue weighted by Crippen LogP contribution is 2.34. The van der Waals surface area contributed by atoms with Gasteiger partial charge in [-0.15, -0.1) is 5.10 Å². The molecule has 0 bridgehead atoms. The Balaban J connectivity index is 1.54. The van der Waals surface area contributed by atoms with Crippen molar-refractivity contribution in [1.29, 1.82) is 0 Å². The maximum Gasteiger partial charge on any atom is 0.165 e. The van der Waals surface area contributed by atoms with Crippen LogP contribution >= 0.6 is 11.8 Å². The minimum Gasteiger partial charge on any atom is -0.306 e. The third-order valence-electron chi connectivity index (χ3n) is 3.16. The first kappa shape index (κ1) is 10.5. The molecule has 1 aliphatic heterocycles. The molecule has 2 aliphatic rings. The smallest absolute Gasteiger partial charge is 0.165 e. The zero-order valence-electron chi connectivity index (χ0n) is 9.30. The molecule has 1 aliphatic carbocycles. The van der Waals surface area contributed by atoms with Crippen molar-refractivity contribution in [2.75, 3.05) is 11.5 Å². The molecule has 88 valence electrons. The van der Waals surface area contributed by atoms with Gasteiger partial charge in [-0.1, -0.05) is 0 Å². The molecule has 3 rings (SSSR count). The molecule has 1 aromatic heterocycles. The molecule has 6 heteroatoms. The summed E-state index contributed by atoms with van der Waals surface area (Å²) >= 11 is 2.04. The highest BCUT2D eigenvalue weighted by molar-refractivity contribution is 7.99. The summed E-state index contributed by atoms with van der Waals surface area (Å²) < 4.78 is 1.99. The monoisotopic (exact) mass is 239 g/mol. The summed E-state index contributed by atoms with van der Waals surface area (Å²) in [6.07, 6.45) is 5.09. The maximum atomic E-state index is 4.09. The normalized spacial score (nSPS) is 25.9. The van der Waals surface area contributed by atoms with Crippen LogP contribution in [-0.4, -0.2) is 37.8 Å². The van der Waals surface area contributed by atoms with Gasteiger partial charge in [0.1, 0.15) is 0 Å². The molecule has 0 spiro atoms. The molecular formula is C10H17N5S. The fraction of sp³-hybridized carbons (Fsp3) is 0.900. The van der Waals surface area contributed by atoms with E-state index < -0.39 is 0 Å². The molecule has 1 saturated carbocycles. The lowest BCUT2D eigenvalue weighted by Crippen LogP contribution is -2.34. The molecule has 1 N–H and O–H groups in total. The van der Waals surface area contributed by atoms with Crippen LogP contribution < -0.4 is 5.32 Å². The lowest BCUT2D eigenvalue weighted by molar-refractivity contribution is 0.479. The molecule has 5 nitrogen and oxygen atoms in total. The van der Waals surface area contributed by atoms with Gasteiger partial charge in [0.05, 0.1) is 12.6 Å². The van der Waals surface area contributed by atoms with Crippen molar-refractivity contribution in [3.63, 3.8) is 0 Å². The van der Waals surface area contributed by atoms with Crippen LogP contribution in [0, 0.1) is 0 Å². The SMILES string of the molecule is C1CSCC(NCc2nnnn2C2CC2)C1. The van der Waals surface area contributed by atoms with E-state index in [1.807, 2.05) is 16.4 Å². The quantitative estimate of drug-likeness (QED) is 0.849. The van der Waals surface area contributed by atoms with Crippen LogP contribution in [-0.2, 0) is 6.54 Å². The second-order valence-corrected chi connectivity index (χ2v) is 5.72. The summed E-state index contributed by atoms with van der Waals surface area (Å²) in [5.74, 6) is 3.54. The molecule has 2 heterocycles. The summed E-state index contributed by atoms with van der Waals surface area (Å²) in [7, 11) is 0. The summed E-state index contributed by atoms with van der Waals surface area (Å²) in [6, 6.07) is 1.22. The number of rotatable bonds is 4. The van der Waals surface area contributed by atoms with E-state index in [2.05, 4.69) is 20.8 Å². The molecule has 0 aromatic carbocycles. The Bertz CT molecular complexity index is 343. The Morgan fingerprint density at radius 3 is 3.06 bits per heavy atom. The minimum absolute atomic E-state index is 0.576. The van der Waals surface area contributed by atoms with Crippen LogP contribution in [0.4, 0.5) is 0 Å². The molecule has 0 amide bonds. The molecule has 0 radical (unpaired) electrons. The highest BCUT2D eigenvalue weighted by Gasteiger charge is 2.27. The van der Waals surface area contributed by atoms with Gasteiger partial charge < -0.3 is 5.32 Å². The van der Waals surface area contributed by atoms with Crippen molar-refractivity contribution in [3.8, 4) is 0 Å². The van der Waals surface area contributed by atoms with Crippen molar-refractivity contribution >= 4 is 11.8 Å². The van der Waals surface area contributed by atoms with Crippen LogP contribution in [0.15, 0.2) is 0 Å². The van der Waals surface area contributed by atoms with Gasteiger partial charge in [-0.05, 0) is 41.9 Å². The van der Waals surface area contributed by atoms with Crippen molar-refractivity contribution in [1.82, 2.24) is 25.5 Å². The fourth-order valence-corrected chi connectivity index (χ4v) is 3.18. The van der Waals surface area contributed by atoms with Crippen LogP contribution in [0.2, 0.25) is 0 Å². The van der Waals surface area contributed by atoms with Gasteiger partial charge in [0.2, 0.25) is 0 Å². The Hall–Kier alpha value is -0.620. The third-order valence-corrected chi connectivity index (χ3v) is 4.38. The predicted molar refractivity (Wildman–Crippen MR) is 63.3 cm³/mol. The van der Waals surface area contributed by atoms with E-state index in [4.69, 9.17) is 0 Å². The summed E-state index contributed by atoms with van der Waals surface area (Å²) in [6.45, 7) is 0.814. The molecule has 1 unspecified atom stereocenters. The summed E-state index contributed by atoms with van der Waals surface area (Å²) in [5, 5.41) is 15.5. The summed E-state index contributed by atoms with van der Waals surface area (Å²) in [5.41, 5.74) is 0. The average molecular weight is 239 g/mol. The van der Waals surface area contributed by atoms with E-state index in [1.54, 1.807) is 0 Å². The van der Waals surface area contributed by atoms with Crippen molar-refractivity contribution < 1.29 is 0 Å². The molecule has 1 atom stereocenters. The van der Waals surface area contributed by atoms with Crippen molar-refractivity contribution in [3.05, 3.63) is 5.82 Å². The Morgan fingerprint density at radius 2 is 2.31 bits per heavy atom. The van der Waals surface area contributed by atoms with E-state index in [1.165, 1.54) is 37.2 Å². The maximum absolute atomic E-state index is 4.09. The standard InChI is InChI=1S/C10H17N5S/c1-2-8(7-16-5-1)11-6-10-12-13-14-15(10)9-3-4-9/h8-9,11H,1-7H2. The fourth-order valence-electron chi connectivity index (χ4n) is 2.07. The third kappa shape index (κ3) is 2.38. The van der Waals surface area contributed by atoms with Gasteiger partial charge in [0, 0.05) is 11.8 Å². The number of hydrogen-bond acceptors (Lipinski definition) is 5. The molecular weight excluding hydrogens is 222 g/mol. The summed E-state index contributed by atoms with van der Waals surface area (Å²) in [4.78, 5) is 0. The largest absolute Gasteiger partial charge is 0.306 e. The Morgan fingerprint density at radius 1 is 1.38 bits per heavy atom. The van der Waals surface area contributed by atoms with Crippen molar-refractivity contribution in [2.45, 2.75) is 44.3 Å². The number of nitrogens with zero attached hydrogens (tertiary/aromatic N) is 4. The van der Waals surface area contributed by atoms with E-state index in [0.29, 0.717) is 12.1 Å². The Labute approximate surface area is 99.4 Å². The van der Waals surface area contributed by atoms with E-state index in [0.717, 1.165) is 12.4 Å². The van der Waals surface area contributed by atoms with E-state index in [9.17, 15) is 0 Å². The zero-order valence-corrected chi connectivity index (χ0v) is 10.1. The lowest BCUT2D eigenvalue weighted by Gasteiger charge is -2.22. The highest BCUT2D eigenvalue weighted by atomic mass is 32.2. The molecule has 16 heavy (non-hydrogen) atoms. The first-order valence-electron chi connectivity index (χ1n) is 6.01. The number of thioether (sulfide) groups is 1. The van der Waals surface area contributed by atoms with Crippen LogP contribution in [0.1, 0.15) is 37.5 Å². The first-order valence-corrected chi connectivity index (χ1v) is 7.17. The zero-order chi connectivity index (χ0) is 10.8. The number of nitrogens with one attached hydrogen (secondary N) is 1. The van der Waals surface area contributed by atoms with E-state index >= 15 is 0 Å². The van der Waals surface area contributed by atoms with Gasteiger partial charge in [0.15, 0.2) is 5.82 Å². The van der Waals surface area contributed by atoms with Gasteiger partial charge in [0.25, 0.3) is 0 Å². The van der Waals surface area contributed by atoms with Crippen LogP contribution in [0.25, 0.3) is 0 Å². The number of hydrogen-bond donors (Lipinski definition) is 1. The van der Waals surface area contributed by atoms with Gasteiger partial charge in [-0.2, -0.15) is 11.8 Å². The van der Waals surface area contributed by atoms with Gasteiger partial charge in [-0.3, -0.25) is 0 Å². The Kier molecular flexibility index (Phi) is 3.10. The number of tetrazole rings is 1. The average Bonchev–Trinajstić information content (AvgIpc) is 3.07.